The fourth-order valence-electron chi connectivity index (χ4n) is 4.29. The van der Waals surface area contributed by atoms with E-state index in [9.17, 15) is 4.79 Å². The Morgan fingerprint density at radius 2 is 2.21 bits per heavy atom. The first-order chi connectivity index (χ1) is 11.4. The lowest BCUT2D eigenvalue weighted by Gasteiger charge is -2.56. The number of hydrogen-bond acceptors (Lipinski definition) is 2. The van der Waals surface area contributed by atoms with E-state index in [1.165, 1.54) is 12.0 Å². The lowest BCUT2D eigenvalue weighted by atomic mass is 9.48. The topological polar surface area (TPSA) is 42.0 Å². The van der Waals surface area contributed by atoms with Crippen LogP contribution in [0.3, 0.4) is 0 Å². The van der Waals surface area contributed by atoms with E-state index in [1.54, 1.807) is 6.20 Å². The summed E-state index contributed by atoms with van der Waals surface area (Å²) in [5.41, 5.74) is 3.25. The average Bonchev–Trinajstić information content (AvgIpc) is 2.54. The highest BCUT2D eigenvalue weighted by Gasteiger charge is 2.51. The number of allylic oxidation sites excluding steroid dienone is 1. The SMILES string of the molecule is CC1(C)C2CC=C(CC(=O)Nc3ccnc4cc(Cl)ccc34)[C@@H]1C2. The highest BCUT2D eigenvalue weighted by atomic mass is 35.5. The summed E-state index contributed by atoms with van der Waals surface area (Å²) in [7, 11) is 0. The van der Waals surface area contributed by atoms with E-state index in [4.69, 9.17) is 11.6 Å². The van der Waals surface area contributed by atoms with Crippen LogP contribution in [0.1, 0.15) is 33.1 Å². The monoisotopic (exact) mass is 340 g/mol. The fraction of sp³-hybridized carbons (Fsp3) is 0.400. The summed E-state index contributed by atoms with van der Waals surface area (Å²) in [5, 5.41) is 4.61. The van der Waals surface area contributed by atoms with Crippen LogP contribution in [0.15, 0.2) is 42.1 Å². The molecule has 124 valence electrons. The van der Waals surface area contributed by atoms with Gasteiger partial charge in [0.2, 0.25) is 5.91 Å². The zero-order valence-corrected chi connectivity index (χ0v) is 14.7. The molecule has 2 atom stereocenters. The number of nitrogens with zero attached hydrogens (tertiary/aromatic N) is 1. The number of rotatable bonds is 3. The number of aromatic nitrogens is 1. The van der Waals surface area contributed by atoms with Crippen LogP contribution < -0.4 is 5.32 Å². The molecule has 1 heterocycles. The smallest absolute Gasteiger partial charge is 0.228 e. The third-order valence-electron chi connectivity index (χ3n) is 5.93. The second-order valence-electron chi connectivity index (χ2n) is 7.57. The minimum atomic E-state index is 0.0462. The lowest BCUT2D eigenvalue weighted by Crippen LogP contribution is -2.48. The van der Waals surface area contributed by atoms with Crippen molar-refractivity contribution in [1.82, 2.24) is 4.98 Å². The zero-order chi connectivity index (χ0) is 16.9. The molecule has 1 aromatic heterocycles. The molecule has 1 fully saturated rings. The molecular weight excluding hydrogens is 320 g/mol. The van der Waals surface area contributed by atoms with Crippen molar-refractivity contribution in [2.45, 2.75) is 33.1 Å². The number of pyridine rings is 1. The maximum atomic E-state index is 12.6. The quantitative estimate of drug-likeness (QED) is 0.779. The van der Waals surface area contributed by atoms with E-state index < -0.39 is 0 Å². The van der Waals surface area contributed by atoms with Crippen LogP contribution in [0.2, 0.25) is 5.02 Å². The van der Waals surface area contributed by atoms with Gasteiger partial charge in [-0.3, -0.25) is 9.78 Å². The van der Waals surface area contributed by atoms with Crippen molar-refractivity contribution in [1.29, 1.82) is 0 Å². The molecule has 1 unspecified atom stereocenters. The number of carbonyl (C=O) groups excluding carboxylic acids is 1. The summed E-state index contributed by atoms with van der Waals surface area (Å²) < 4.78 is 0. The first kappa shape index (κ1) is 15.6. The molecule has 3 aliphatic rings. The predicted molar refractivity (Wildman–Crippen MR) is 98.1 cm³/mol. The molecule has 5 rings (SSSR count). The minimum absolute atomic E-state index is 0.0462. The number of benzene rings is 1. The van der Waals surface area contributed by atoms with Gasteiger partial charge in [-0.1, -0.05) is 37.1 Å². The number of anilines is 1. The van der Waals surface area contributed by atoms with Crippen LogP contribution in [-0.2, 0) is 4.79 Å². The molecule has 3 nitrogen and oxygen atoms in total. The van der Waals surface area contributed by atoms with Crippen molar-refractivity contribution in [3.8, 4) is 0 Å². The van der Waals surface area contributed by atoms with Gasteiger partial charge >= 0.3 is 0 Å². The number of hydrogen-bond donors (Lipinski definition) is 1. The van der Waals surface area contributed by atoms with Crippen LogP contribution in [0.5, 0.6) is 0 Å². The predicted octanol–water partition coefficient (Wildman–Crippen LogP) is 5.21. The third-order valence-corrected chi connectivity index (χ3v) is 6.16. The number of amides is 1. The first-order valence-corrected chi connectivity index (χ1v) is 8.86. The van der Waals surface area contributed by atoms with Crippen molar-refractivity contribution in [2.24, 2.45) is 17.3 Å². The number of fused-ring (bicyclic) bond motifs is 2. The van der Waals surface area contributed by atoms with E-state index >= 15 is 0 Å². The van der Waals surface area contributed by atoms with E-state index in [-0.39, 0.29) is 5.91 Å². The molecule has 24 heavy (non-hydrogen) atoms. The molecule has 1 saturated carbocycles. The lowest BCUT2D eigenvalue weighted by molar-refractivity contribution is -0.116. The molecule has 0 spiro atoms. The van der Waals surface area contributed by atoms with Gasteiger partial charge in [-0.25, -0.2) is 0 Å². The van der Waals surface area contributed by atoms with Crippen molar-refractivity contribution < 1.29 is 4.79 Å². The summed E-state index contributed by atoms with van der Waals surface area (Å²) in [6, 6.07) is 7.38. The van der Waals surface area contributed by atoms with Gasteiger partial charge in [0.25, 0.3) is 0 Å². The maximum Gasteiger partial charge on any atom is 0.228 e. The minimum Gasteiger partial charge on any atom is -0.325 e. The number of nitrogens with one attached hydrogen (secondary N) is 1. The molecule has 1 aromatic carbocycles. The molecule has 0 radical (unpaired) electrons. The molecule has 3 aliphatic carbocycles. The maximum absolute atomic E-state index is 12.6. The van der Waals surface area contributed by atoms with Crippen molar-refractivity contribution in [3.05, 3.63) is 47.1 Å². The largest absolute Gasteiger partial charge is 0.325 e. The Morgan fingerprint density at radius 3 is 2.96 bits per heavy atom. The number of halogens is 1. The highest BCUT2D eigenvalue weighted by Crippen LogP contribution is 2.59. The second kappa shape index (κ2) is 5.59. The zero-order valence-electron chi connectivity index (χ0n) is 14.0. The highest BCUT2D eigenvalue weighted by molar-refractivity contribution is 6.31. The first-order valence-electron chi connectivity index (χ1n) is 8.48. The summed E-state index contributed by atoms with van der Waals surface area (Å²) >= 11 is 6.02. The van der Waals surface area contributed by atoms with Gasteiger partial charge in [-0.2, -0.15) is 0 Å². The van der Waals surface area contributed by atoms with E-state index in [2.05, 4.69) is 30.2 Å². The molecular formula is C20H21ClN2O. The summed E-state index contributed by atoms with van der Waals surface area (Å²) in [6.45, 7) is 4.66. The van der Waals surface area contributed by atoms with Gasteiger partial charge in [-0.05, 0) is 54.4 Å². The molecule has 1 amide bonds. The normalized spacial score (nSPS) is 24.2. The van der Waals surface area contributed by atoms with Crippen molar-refractivity contribution in [3.63, 3.8) is 0 Å². The summed E-state index contributed by atoms with van der Waals surface area (Å²) in [4.78, 5) is 16.9. The molecule has 0 aliphatic heterocycles. The van der Waals surface area contributed by atoms with Gasteiger partial charge in [0, 0.05) is 23.0 Å². The number of carbonyl (C=O) groups is 1. The van der Waals surface area contributed by atoms with Crippen LogP contribution in [0.4, 0.5) is 5.69 Å². The molecule has 1 N–H and O–H groups in total. The average molecular weight is 341 g/mol. The third kappa shape index (κ3) is 2.51. The Morgan fingerprint density at radius 1 is 1.38 bits per heavy atom. The summed E-state index contributed by atoms with van der Waals surface area (Å²) in [6.07, 6.45) is 6.83. The van der Waals surface area contributed by atoms with Crippen LogP contribution in [0, 0.1) is 17.3 Å². The van der Waals surface area contributed by atoms with Crippen LogP contribution >= 0.6 is 11.6 Å². The van der Waals surface area contributed by atoms with E-state index in [0.717, 1.165) is 28.9 Å². The van der Waals surface area contributed by atoms with Crippen molar-refractivity contribution in [2.75, 3.05) is 5.32 Å². The molecule has 2 aromatic rings. The Labute approximate surface area is 147 Å². The van der Waals surface area contributed by atoms with E-state index in [0.29, 0.717) is 22.8 Å². The standard InChI is InChI=1S/C20H21ClN2O/c1-20(2)13-4-3-12(16(20)10-13)9-19(24)23-17-7-8-22-18-11-14(21)5-6-15(17)18/h3,5-8,11,13,16H,4,9-10H2,1-2H3,(H,22,23,24)/t13?,16-/m0/s1. The van der Waals surface area contributed by atoms with Gasteiger partial charge < -0.3 is 5.32 Å². The molecule has 2 bridgehead atoms. The molecule has 0 saturated heterocycles. The van der Waals surface area contributed by atoms with Gasteiger partial charge in [0.05, 0.1) is 11.2 Å². The Hall–Kier alpha value is -1.87. The molecule has 4 heteroatoms. The van der Waals surface area contributed by atoms with Crippen LogP contribution in [0.25, 0.3) is 10.9 Å². The van der Waals surface area contributed by atoms with Gasteiger partial charge in [0.1, 0.15) is 0 Å². The van der Waals surface area contributed by atoms with Gasteiger partial charge in [-0.15, -0.1) is 0 Å². The second-order valence-corrected chi connectivity index (χ2v) is 8.00. The fourth-order valence-corrected chi connectivity index (χ4v) is 4.45. The van der Waals surface area contributed by atoms with Crippen molar-refractivity contribution >= 4 is 34.1 Å². The Balaban J connectivity index is 1.52. The Kier molecular flexibility index (Phi) is 3.65. The Bertz CT molecular complexity index is 856. The van der Waals surface area contributed by atoms with E-state index in [1.807, 2.05) is 24.3 Å². The van der Waals surface area contributed by atoms with Crippen LogP contribution in [-0.4, -0.2) is 10.9 Å². The summed E-state index contributed by atoms with van der Waals surface area (Å²) in [5.74, 6) is 1.41. The van der Waals surface area contributed by atoms with Gasteiger partial charge in [0.15, 0.2) is 0 Å².